The summed E-state index contributed by atoms with van der Waals surface area (Å²) in [4.78, 5) is 26.4. The molecule has 5 heteroatoms. The van der Waals surface area contributed by atoms with Crippen LogP contribution in [0, 0.1) is 0 Å². The third kappa shape index (κ3) is 1.25. The monoisotopic (exact) mass is 197 g/mol. The highest BCUT2D eigenvalue weighted by Gasteiger charge is 2.34. The first-order valence-electron chi connectivity index (χ1n) is 3.98. The largest absolute Gasteiger partial charge is 0.384 e. The molecule has 0 aliphatic carbocycles. The van der Waals surface area contributed by atoms with E-state index in [0.717, 1.165) is 17.8 Å². The van der Waals surface area contributed by atoms with Crippen molar-refractivity contribution < 1.29 is 14.3 Å². The molecule has 1 aromatic heterocycles. The molecule has 0 amide bonds. The van der Waals surface area contributed by atoms with Gasteiger partial charge in [0.2, 0.25) is 0 Å². The van der Waals surface area contributed by atoms with Crippen molar-refractivity contribution in [2.24, 2.45) is 0 Å². The van der Waals surface area contributed by atoms with Crippen LogP contribution in [0.25, 0.3) is 0 Å². The molecule has 2 heterocycles. The molecule has 68 valence electrons. The van der Waals surface area contributed by atoms with Crippen molar-refractivity contribution in [2.75, 3.05) is 0 Å². The first kappa shape index (κ1) is 8.37. The van der Waals surface area contributed by atoms with E-state index in [1.165, 1.54) is 11.3 Å². The van der Waals surface area contributed by atoms with E-state index in [4.69, 9.17) is 0 Å². The minimum Gasteiger partial charge on any atom is -0.384 e. The Labute approximate surface area is 78.5 Å². The number of aromatic nitrogens is 1. The van der Waals surface area contributed by atoms with Crippen LogP contribution in [0.2, 0.25) is 0 Å². The summed E-state index contributed by atoms with van der Waals surface area (Å²) >= 11 is 1.25. The average Bonchev–Trinajstić information content (AvgIpc) is 2.57. The molecular formula is C8H7NO3S. The molecule has 0 radical (unpaired) electrons. The average molecular weight is 197 g/mol. The maximum Gasteiger partial charge on any atom is 0.366 e. The van der Waals surface area contributed by atoms with Crippen LogP contribution in [0.5, 0.6) is 0 Å². The fourth-order valence-corrected chi connectivity index (χ4v) is 2.17. The lowest BCUT2D eigenvalue weighted by Gasteiger charge is -1.90. The first-order valence-corrected chi connectivity index (χ1v) is 4.80. The van der Waals surface area contributed by atoms with Gasteiger partial charge in [-0.25, -0.2) is 14.6 Å². The number of rotatable bonds is 2. The number of thiazole rings is 1. The van der Waals surface area contributed by atoms with Crippen molar-refractivity contribution in [3.05, 3.63) is 15.6 Å². The summed E-state index contributed by atoms with van der Waals surface area (Å²) in [5.74, 6) is -1.17. The van der Waals surface area contributed by atoms with Gasteiger partial charge in [0, 0.05) is 0 Å². The Balaban J connectivity index is 2.40. The Kier molecular flexibility index (Phi) is 1.88. The molecule has 0 saturated heterocycles. The Morgan fingerprint density at radius 3 is 2.77 bits per heavy atom. The number of carbonyl (C=O) groups is 2. The van der Waals surface area contributed by atoms with Crippen molar-refractivity contribution in [1.82, 2.24) is 4.98 Å². The Morgan fingerprint density at radius 1 is 1.38 bits per heavy atom. The molecule has 0 bridgehead atoms. The van der Waals surface area contributed by atoms with E-state index in [9.17, 15) is 9.59 Å². The number of nitrogens with zero attached hydrogens (tertiary/aromatic N) is 1. The van der Waals surface area contributed by atoms with Crippen LogP contribution >= 0.6 is 11.3 Å². The first-order chi connectivity index (χ1) is 6.22. The molecule has 0 spiro atoms. The number of carbonyl (C=O) groups excluding carboxylic acids is 2. The van der Waals surface area contributed by atoms with Crippen LogP contribution in [0.15, 0.2) is 0 Å². The minimum absolute atomic E-state index is 0.193. The normalized spacial score (nSPS) is 14.5. The van der Waals surface area contributed by atoms with Crippen molar-refractivity contribution in [2.45, 2.75) is 19.8 Å². The Bertz CT molecular complexity index is 351. The molecule has 13 heavy (non-hydrogen) atoms. The Morgan fingerprint density at radius 2 is 2.15 bits per heavy atom. The quantitative estimate of drug-likeness (QED) is 0.531. The molecule has 1 aromatic rings. The summed E-state index contributed by atoms with van der Waals surface area (Å²) in [6, 6.07) is 0. The second-order valence-electron chi connectivity index (χ2n) is 2.71. The van der Waals surface area contributed by atoms with Gasteiger partial charge in [-0.3, -0.25) is 0 Å². The lowest BCUT2D eigenvalue weighted by molar-refractivity contribution is 0.0442. The summed E-state index contributed by atoms with van der Waals surface area (Å²) < 4.78 is 4.37. The van der Waals surface area contributed by atoms with Gasteiger partial charge in [0.05, 0.1) is 5.01 Å². The zero-order valence-electron chi connectivity index (χ0n) is 6.99. The number of esters is 2. The standard InChI is InChI=1S/C8H7NO3S/c1-2-3-4-9-5-6(13-4)8(11)12-7(5)10/h2-3H2,1H3. The number of hydrogen-bond acceptors (Lipinski definition) is 5. The van der Waals surface area contributed by atoms with E-state index >= 15 is 0 Å². The van der Waals surface area contributed by atoms with Gasteiger partial charge in [0.15, 0.2) is 5.69 Å². The molecule has 4 nitrogen and oxygen atoms in total. The second-order valence-corrected chi connectivity index (χ2v) is 3.80. The van der Waals surface area contributed by atoms with Gasteiger partial charge in [-0.05, 0) is 12.8 Å². The summed E-state index contributed by atoms with van der Waals surface area (Å²) in [5.41, 5.74) is 0.193. The zero-order chi connectivity index (χ0) is 9.42. The summed E-state index contributed by atoms with van der Waals surface area (Å²) in [6.45, 7) is 2.02. The van der Waals surface area contributed by atoms with Gasteiger partial charge in [-0.1, -0.05) is 6.92 Å². The number of hydrogen-bond donors (Lipinski definition) is 0. The molecule has 0 N–H and O–H groups in total. The molecule has 0 atom stereocenters. The van der Waals surface area contributed by atoms with Gasteiger partial charge in [-0.15, -0.1) is 11.3 Å². The van der Waals surface area contributed by atoms with Gasteiger partial charge in [-0.2, -0.15) is 0 Å². The van der Waals surface area contributed by atoms with Crippen molar-refractivity contribution in [1.29, 1.82) is 0 Å². The lowest BCUT2D eigenvalue weighted by atomic mass is 10.3. The predicted molar refractivity (Wildman–Crippen MR) is 45.9 cm³/mol. The summed E-state index contributed by atoms with van der Waals surface area (Å²) in [5, 5.41) is 0.831. The third-order valence-corrected chi connectivity index (χ3v) is 2.79. The fourth-order valence-electron chi connectivity index (χ4n) is 1.14. The Hall–Kier alpha value is -1.23. The molecule has 1 aliphatic rings. The van der Waals surface area contributed by atoms with Crippen molar-refractivity contribution in [3.63, 3.8) is 0 Å². The molecule has 0 unspecified atom stereocenters. The summed E-state index contributed by atoms with van der Waals surface area (Å²) in [6.07, 6.45) is 1.76. The number of fused-ring (bicyclic) bond motifs is 1. The van der Waals surface area contributed by atoms with E-state index in [1.54, 1.807) is 0 Å². The van der Waals surface area contributed by atoms with E-state index in [-0.39, 0.29) is 5.69 Å². The molecule has 1 aliphatic heterocycles. The van der Waals surface area contributed by atoms with Crippen LogP contribution in [-0.4, -0.2) is 16.9 Å². The highest BCUT2D eigenvalue weighted by molar-refractivity contribution is 7.14. The van der Waals surface area contributed by atoms with Crippen LogP contribution in [-0.2, 0) is 11.2 Å². The molecule has 0 aromatic carbocycles. The van der Waals surface area contributed by atoms with E-state index in [1.807, 2.05) is 6.92 Å². The SMILES string of the molecule is CCCc1nc2c(s1)C(=O)OC2=O. The van der Waals surface area contributed by atoms with Gasteiger partial charge in [0.1, 0.15) is 4.88 Å². The van der Waals surface area contributed by atoms with E-state index in [0.29, 0.717) is 4.88 Å². The fraction of sp³-hybridized carbons (Fsp3) is 0.375. The third-order valence-electron chi connectivity index (χ3n) is 1.70. The van der Waals surface area contributed by atoms with Crippen molar-refractivity contribution >= 4 is 23.3 Å². The molecule has 0 saturated carbocycles. The topological polar surface area (TPSA) is 56.3 Å². The minimum atomic E-state index is -0.612. The van der Waals surface area contributed by atoms with Crippen LogP contribution in [0.3, 0.4) is 0 Å². The van der Waals surface area contributed by atoms with Crippen LogP contribution in [0.1, 0.15) is 38.5 Å². The van der Waals surface area contributed by atoms with Crippen molar-refractivity contribution in [3.8, 4) is 0 Å². The molecule has 2 rings (SSSR count). The number of cyclic esters (lactones) is 2. The maximum atomic E-state index is 11.0. The molecule has 0 fully saturated rings. The maximum absolute atomic E-state index is 11.0. The van der Waals surface area contributed by atoms with Gasteiger partial charge >= 0.3 is 11.9 Å². The summed E-state index contributed by atoms with van der Waals surface area (Å²) in [7, 11) is 0. The highest BCUT2D eigenvalue weighted by atomic mass is 32.1. The highest BCUT2D eigenvalue weighted by Crippen LogP contribution is 2.26. The van der Waals surface area contributed by atoms with Crippen LogP contribution < -0.4 is 0 Å². The van der Waals surface area contributed by atoms with E-state index < -0.39 is 11.9 Å². The zero-order valence-corrected chi connectivity index (χ0v) is 7.81. The van der Waals surface area contributed by atoms with Gasteiger partial charge < -0.3 is 4.74 Å². The molecular weight excluding hydrogens is 190 g/mol. The number of aryl methyl sites for hydroxylation is 1. The smallest absolute Gasteiger partial charge is 0.366 e. The van der Waals surface area contributed by atoms with Gasteiger partial charge in [0.25, 0.3) is 0 Å². The predicted octanol–water partition coefficient (Wildman–Crippen LogP) is 1.41. The lowest BCUT2D eigenvalue weighted by Crippen LogP contribution is -1.99. The second kappa shape index (κ2) is 2.92. The van der Waals surface area contributed by atoms with Crippen LogP contribution in [0.4, 0.5) is 0 Å². The number of ether oxygens (including phenoxy) is 1. The van der Waals surface area contributed by atoms with E-state index in [2.05, 4.69) is 9.72 Å².